The summed E-state index contributed by atoms with van der Waals surface area (Å²) in [6, 6.07) is 2.69. The summed E-state index contributed by atoms with van der Waals surface area (Å²) in [5.41, 5.74) is 0.301. The Balaban J connectivity index is 2.61. The van der Waals surface area contributed by atoms with E-state index in [0.29, 0.717) is 5.56 Å². The molecule has 0 aliphatic heterocycles. The molecule has 0 aliphatic carbocycles. The lowest BCUT2D eigenvalue weighted by Gasteiger charge is -2.12. The molecule has 1 aromatic heterocycles. The van der Waals surface area contributed by atoms with E-state index in [4.69, 9.17) is 0 Å². The minimum atomic E-state index is -0.639. The first-order valence-electron chi connectivity index (χ1n) is 4.55. The Hall–Kier alpha value is -1.10. The van der Waals surface area contributed by atoms with Gasteiger partial charge in [0.15, 0.2) is 0 Å². The second-order valence-corrected chi connectivity index (χ2v) is 4.11. The average molecular weight is 228 g/mol. The summed E-state index contributed by atoms with van der Waals surface area (Å²) < 4.78 is 12.7. The van der Waals surface area contributed by atoms with E-state index in [1.165, 1.54) is 12.3 Å². The molecule has 0 aromatic carbocycles. The van der Waals surface area contributed by atoms with Gasteiger partial charge in [-0.2, -0.15) is 16.2 Å². The van der Waals surface area contributed by atoms with Gasteiger partial charge < -0.3 is 5.32 Å². The zero-order valence-corrected chi connectivity index (χ0v) is 9.47. The van der Waals surface area contributed by atoms with E-state index >= 15 is 0 Å². The fraction of sp³-hybridized carbons (Fsp3) is 0.400. The maximum absolute atomic E-state index is 12.7. The molecule has 0 saturated heterocycles. The number of carbonyl (C=O) groups is 1. The minimum absolute atomic E-state index is 0.0729. The van der Waals surface area contributed by atoms with Crippen LogP contribution in [0.3, 0.4) is 0 Å². The van der Waals surface area contributed by atoms with Crippen molar-refractivity contribution in [3.8, 4) is 0 Å². The number of thioether (sulfide) groups is 1. The first-order chi connectivity index (χ1) is 7.13. The van der Waals surface area contributed by atoms with Crippen LogP contribution in [0.1, 0.15) is 17.3 Å². The zero-order valence-electron chi connectivity index (χ0n) is 8.66. The molecule has 15 heavy (non-hydrogen) atoms. The van der Waals surface area contributed by atoms with Crippen molar-refractivity contribution in [2.45, 2.75) is 13.0 Å². The quantitative estimate of drug-likeness (QED) is 0.798. The molecule has 1 N–H and O–H groups in total. The van der Waals surface area contributed by atoms with Crippen LogP contribution in [0.5, 0.6) is 0 Å². The Morgan fingerprint density at radius 3 is 3.07 bits per heavy atom. The van der Waals surface area contributed by atoms with Crippen LogP contribution in [0.4, 0.5) is 4.39 Å². The van der Waals surface area contributed by atoms with Gasteiger partial charge in [0.25, 0.3) is 5.91 Å². The number of nitrogens with one attached hydrogen (secondary N) is 1. The molecule has 0 fully saturated rings. The number of nitrogens with zero attached hydrogens (tertiary/aromatic N) is 1. The molecule has 1 aromatic rings. The van der Waals surface area contributed by atoms with E-state index in [9.17, 15) is 9.18 Å². The van der Waals surface area contributed by atoms with Gasteiger partial charge in [0.2, 0.25) is 5.95 Å². The lowest BCUT2D eigenvalue weighted by Crippen LogP contribution is -2.34. The van der Waals surface area contributed by atoms with Crippen molar-refractivity contribution in [1.82, 2.24) is 10.3 Å². The van der Waals surface area contributed by atoms with Crippen LogP contribution in [-0.4, -0.2) is 28.9 Å². The molecule has 5 heteroatoms. The summed E-state index contributed by atoms with van der Waals surface area (Å²) in [5.74, 6) is -0.0720. The van der Waals surface area contributed by atoms with Crippen molar-refractivity contribution in [2.24, 2.45) is 0 Å². The second kappa shape index (κ2) is 5.70. The van der Waals surface area contributed by atoms with E-state index < -0.39 is 5.95 Å². The lowest BCUT2D eigenvalue weighted by atomic mass is 10.2. The van der Waals surface area contributed by atoms with Crippen molar-refractivity contribution in [2.75, 3.05) is 12.0 Å². The minimum Gasteiger partial charge on any atom is -0.349 e. The van der Waals surface area contributed by atoms with Gasteiger partial charge >= 0.3 is 0 Å². The largest absolute Gasteiger partial charge is 0.349 e. The van der Waals surface area contributed by atoms with Gasteiger partial charge in [-0.05, 0) is 19.2 Å². The van der Waals surface area contributed by atoms with E-state index in [2.05, 4.69) is 10.3 Å². The van der Waals surface area contributed by atoms with E-state index in [0.717, 1.165) is 11.8 Å². The van der Waals surface area contributed by atoms with Gasteiger partial charge in [0.05, 0.1) is 0 Å². The first-order valence-corrected chi connectivity index (χ1v) is 5.94. The summed E-state index contributed by atoms with van der Waals surface area (Å²) in [6.45, 7) is 1.91. The molecular formula is C10H13FN2OS. The number of carbonyl (C=O) groups excluding carboxylic acids is 1. The lowest BCUT2D eigenvalue weighted by molar-refractivity contribution is 0.0943. The van der Waals surface area contributed by atoms with Crippen LogP contribution in [0, 0.1) is 5.95 Å². The van der Waals surface area contributed by atoms with E-state index in [1.807, 2.05) is 13.2 Å². The topological polar surface area (TPSA) is 42.0 Å². The van der Waals surface area contributed by atoms with Crippen molar-refractivity contribution in [3.63, 3.8) is 0 Å². The van der Waals surface area contributed by atoms with E-state index in [1.54, 1.807) is 11.8 Å². The van der Waals surface area contributed by atoms with Crippen LogP contribution in [0.15, 0.2) is 18.3 Å². The third-order valence-electron chi connectivity index (χ3n) is 1.78. The zero-order chi connectivity index (χ0) is 11.3. The smallest absolute Gasteiger partial charge is 0.251 e. The maximum atomic E-state index is 12.7. The predicted molar refractivity (Wildman–Crippen MR) is 59.5 cm³/mol. The van der Waals surface area contributed by atoms with Crippen molar-refractivity contribution in [3.05, 3.63) is 29.8 Å². The second-order valence-electron chi connectivity index (χ2n) is 3.20. The highest BCUT2D eigenvalue weighted by molar-refractivity contribution is 7.98. The summed E-state index contributed by atoms with van der Waals surface area (Å²) >= 11 is 1.65. The maximum Gasteiger partial charge on any atom is 0.251 e. The summed E-state index contributed by atoms with van der Waals surface area (Å²) in [7, 11) is 0. The van der Waals surface area contributed by atoms with Gasteiger partial charge in [-0.25, -0.2) is 4.98 Å². The Kier molecular flexibility index (Phi) is 4.55. The third kappa shape index (κ3) is 3.87. The summed E-state index contributed by atoms with van der Waals surface area (Å²) in [6.07, 6.45) is 3.25. The monoisotopic (exact) mass is 228 g/mol. The molecule has 0 spiro atoms. The number of amides is 1. The first kappa shape index (κ1) is 12.0. The Morgan fingerprint density at radius 2 is 2.47 bits per heavy atom. The molecule has 0 bridgehead atoms. The molecule has 1 amide bonds. The molecule has 82 valence electrons. The van der Waals surface area contributed by atoms with Crippen LogP contribution < -0.4 is 5.32 Å². The highest BCUT2D eigenvalue weighted by atomic mass is 32.2. The fourth-order valence-corrected chi connectivity index (χ4v) is 1.73. The van der Waals surface area contributed by atoms with Crippen molar-refractivity contribution < 1.29 is 9.18 Å². The number of pyridine rings is 1. The Morgan fingerprint density at radius 1 is 1.73 bits per heavy atom. The average Bonchev–Trinajstić information content (AvgIpc) is 2.18. The molecular weight excluding hydrogens is 215 g/mol. The normalized spacial score (nSPS) is 12.2. The molecule has 3 nitrogen and oxygen atoms in total. The van der Waals surface area contributed by atoms with Gasteiger partial charge in [-0.3, -0.25) is 4.79 Å². The Labute approximate surface area is 92.5 Å². The third-order valence-corrected chi connectivity index (χ3v) is 2.62. The van der Waals surface area contributed by atoms with Gasteiger partial charge in [-0.15, -0.1) is 0 Å². The predicted octanol–water partition coefficient (Wildman–Crippen LogP) is 1.70. The summed E-state index contributed by atoms with van der Waals surface area (Å²) in [4.78, 5) is 15.0. The highest BCUT2D eigenvalue weighted by Gasteiger charge is 2.09. The molecule has 1 unspecified atom stereocenters. The van der Waals surface area contributed by atoms with E-state index in [-0.39, 0.29) is 11.9 Å². The van der Waals surface area contributed by atoms with Crippen LogP contribution in [0.25, 0.3) is 0 Å². The standard InChI is InChI=1S/C10H13FN2OS/c1-7(6-15-2)13-10(14)8-3-4-12-9(11)5-8/h3-5,7H,6H2,1-2H3,(H,13,14). The fourth-order valence-electron chi connectivity index (χ4n) is 1.14. The number of hydrogen-bond acceptors (Lipinski definition) is 3. The number of hydrogen-bond donors (Lipinski definition) is 1. The number of rotatable bonds is 4. The van der Waals surface area contributed by atoms with Crippen LogP contribution in [-0.2, 0) is 0 Å². The molecule has 1 rings (SSSR count). The number of halogens is 1. The van der Waals surface area contributed by atoms with Crippen molar-refractivity contribution >= 4 is 17.7 Å². The van der Waals surface area contributed by atoms with Gasteiger partial charge in [0.1, 0.15) is 0 Å². The molecule has 0 aliphatic rings. The Bertz CT molecular complexity index is 346. The molecule has 1 heterocycles. The van der Waals surface area contributed by atoms with Gasteiger partial charge in [0, 0.05) is 29.6 Å². The van der Waals surface area contributed by atoms with Crippen molar-refractivity contribution in [1.29, 1.82) is 0 Å². The number of aromatic nitrogens is 1. The van der Waals surface area contributed by atoms with Crippen LogP contribution >= 0.6 is 11.8 Å². The molecule has 1 atom stereocenters. The SMILES string of the molecule is CSCC(C)NC(=O)c1ccnc(F)c1. The molecule has 0 saturated carbocycles. The molecule has 0 radical (unpaired) electrons. The van der Waals surface area contributed by atoms with Gasteiger partial charge in [-0.1, -0.05) is 0 Å². The highest BCUT2D eigenvalue weighted by Crippen LogP contribution is 2.02. The summed E-state index contributed by atoms with van der Waals surface area (Å²) in [5, 5.41) is 2.77. The van der Waals surface area contributed by atoms with Crippen LogP contribution in [0.2, 0.25) is 0 Å².